The van der Waals surface area contributed by atoms with Crippen molar-refractivity contribution >= 4 is 27.9 Å². The van der Waals surface area contributed by atoms with Gasteiger partial charge in [-0.3, -0.25) is 0 Å². The topological polar surface area (TPSA) is 92.3 Å². The molecule has 0 radical (unpaired) electrons. The second-order valence-corrected chi connectivity index (χ2v) is 28.1. The first-order chi connectivity index (χ1) is 32.4. The number of rotatable bonds is 23. The van der Waals surface area contributed by atoms with Crippen LogP contribution < -0.4 is 0 Å². The van der Waals surface area contributed by atoms with Gasteiger partial charge in [0.15, 0.2) is 6.29 Å². The predicted molar refractivity (Wildman–Crippen MR) is 268 cm³/mol. The molecule has 362 valence electrons. The highest BCUT2D eigenvalue weighted by atomic mass is 28.5. The summed E-state index contributed by atoms with van der Waals surface area (Å²) in [4.78, 5) is 0. The van der Waals surface area contributed by atoms with Crippen LogP contribution in [-0.4, -0.2) is 87.0 Å². The number of benzene rings is 5. The molecule has 5 aromatic carbocycles. The number of ether oxygens (including phenoxy) is 7. The Balaban J connectivity index is 1.20. The Kier molecular flexibility index (Phi) is 18.6. The molecule has 2 fully saturated rings. The summed E-state index contributed by atoms with van der Waals surface area (Å²) < 4.78 is 69.5. The van der Waals surface area contributed by atoms with Gasteiger partial charge in [0, 0.05) is 7.11 Å². The highest BCUT2D eigenvalue weighted by molar-refractivity contribution is 6.84. The van der Waals surface area contributed by atoms with E-state index in [4.69, 9.17) is 46.1 Å². The highest BCUT2D eigenvalue weighted by Gasteiger charge is 2.62. The van der Waals surface area contributed by atoms with Crippen molar-refractivity contribution in [2.45, 2.75) is 147 Å². The summed E-state index contributed by atoms with van der Waals surface area (Å²) in [5.74, 6) is 0. The maximum absolute atomic E-state index is 7.50. The number of hydrogen-bond donors (Lipinski definition) is 0. The van der Waals surface area contributed by atoms with Crippen LogP contribution in [0.15, 0.2) is 133 Å². The van der Waals surface area contributed by atoms with Crippen LogP contribution in [0.1, 0.15) is 77.6 Å². The van der Waals surface area contributed by atoms with Gasteiger partial charge in [-0.25, -0.2) is 0 Å². The van der Waals surface area contributed by atoms with E-state index in [9.17, 15) is 0 Å². The van der Waals surface area contributed by atoms with Gasteiger partial charge in [-0.2, -0.15) is 0 Å². The van der Waals surface area contributed by atoms with Gasteiger partial charge in [0.25, 0.3) is 0 Å². The van der Waals surface area contributed by atoms with Gasteiger partial charge in [0.2, 0.25) is 0 Å². The summed E-state index contributed by atoms with van der Waals surface area (Å²) in [5.41, 5.74) is 4.84. The van der Waals surface area contributed by atoms with Crippen LogP contribution in [0.5, 0.6) is 0 Å². The third kappa shape index (κ3) is 12.8. The van der Waals surface area contributed by atoms with Crippen molar-refractivity contribution in [1.29, 1.82) is 0 Å². The molecule has 7 rings (SSSR count). The molecule has 67 heavy (non-hydrogen) atoms. The van der Waals surface area contributed by atoms with Crippen molar-refractivity contribution in [3.05, 3.63) is 156 Å². The van der Waals surface area contributed by atoms with Gasteiger partial charge < -0.3 is 46.1 Å². The Bertz CT molecular complexity index is 2190. The highest BCUT2D eigenvalue weighted by Crippen LogP contribution is 2.48. The number of fused-ring (bicyclic) bond motifs is 2. The van der Waals surface area contributed by atoms with Gasteiger partial charge >= 0.3 is 17.1 Å². The van der Waals surface area contributed by atoms with E-state index in [0.717, 1.165) is 27.6 Å². The van der Waals surface area contributed by atoms with E-state index in [2.05, 4.69) is 134 Å². The Labute approximate surface area is 402 Å². The average Bonchev–Trinajstić information content (AvgIpc) is 3.65. The normalized spacial score (nSPS) is 21.9. The van der Waals surface area contributed by atoms with Gasteiger partial charge in [-0.1, -0.05) is 183 Å². The van der Waals surface area contributed by atoms with Crippen LogP contribution in [-0.2, 0) is 72.6 Å². The number of hydrogen-bond acceptors (Lipinski definition) is 10. The molecule has 0 bridgehead atoms. The first-order valence-electron chi connectivity index (χ1n) is 24.3. The summed E-state index contributed by atoms with van der Waals surface area (Å²) in [7, 11) is -4.08. The molecular weight excluding hydrogens is 877 g/mol. The van der Waals surface area contributed by atoms with Crippen molar-refractivity contribution in [3.63, 3.8) is 0 Å². The third-order valence-corrected chi connectivity index (χ3v) is 23.5. The molecule has 0 aliphatic carbocycles. The Morgan fingerprint density at radius 3 is 1.58 bits per heavy atom. The van der Waals surface area contributed by atoms with Gasteiger partial charge in [-0.15, -0.1) is 0 Å². The van der Waals surface area contributed by atoms with E-state index in [1.165, 1.54) is 5.39 Å². The molecule has 2 heterocycles. The first kappa shape index (κ1) is 51.2. The summed E-state index contributed by atoms with van der Waals surface area (Å²) in [5, 5.41) is 2.35. The second-order valence-electron chi connectivity index (χ2n) is 19.3. The van der Waals surface area contributed by atoms with Gasteiger partial charge in [0.05, 0.1) is 46.2 Å². The zero-order chi connectivity index (χ0) is 47.4. The Morgan fingerprint density at radius 2 is 1.04 bits per heavy atom. The van der Waals surface area contributed by atoms with Crippen LogP contribution in [0, 0.1) is 0 Å². The fourth-order valence-electron chi connectivity index (χ4n) is 9.55. The van der Waals surface area contributed by atoms with Gasteiger partial charge in [0.1, 0.15) is 36.6 Å². The smallest absolute Gasteiger partial charge is 0.335 e. The van der Waals surface area contributed by atoms with E-state index >= 15 is 0 Å². The SMILES string of the molecule is CO[C@H]1C2O[Si](C(C)C)(C(C)C)O[Si](C(C)C)(C(C)C)OC[C@H]2O[C@H]1OCC(OCc1ccccc1)C(OCc1ccccc1)C(COCc1ccc2ccccc2c1)OCc1ccccc1. The fraction of sp³-hybridized carbons (Fsp3) is 0.491. The number of methoxy groups -OCH3 is 1. The lowest BCUT2D eigenvalue weighted by molar-refractivity contribution is -0.220. The molecule has 2 aliphatic rings. The van der Waals surface area contributed by atoms with Crippen LogP contribution in [0.3, 0.4) is 0 Å². The molecule has 2 aliphatic heterocycles. The molecule has 4 unspecified atom stereocenters. The van der Waals surface area contributed by atoms with E-state index in [-0.39, 0.29) is 35.4 Å². The van der Waals surface area contributed by atoms with E-state index in [1.807, 2.05) is 54.6 Å². The van der Waals surface area contributed by atoms with Crippen LogP contribution >= 0.6 is 0 Å². The molecule has 5 aromatic rings. The lowest BCUT2D eigenvalue weighted by Gasteiger charge is -2.51. The average molecular weight is 951 g/mol. The van der Waals surface area contributed by atoms with Crippen molar-refractivity contribution in [3.8, 4) is 0 Å². The van der Waals surface area contributed by atoms with Crippen molar-refractivity contribution in [1.82, 2.24) is 0 Å². The quantitative estimate of drug-likeness (QED) is 0.0590. The maximum Gasteiger partial charge on any atom is 0.335 e. The minimum atomic E-state index is -2.97. The standard InChI is InChI=1S/C55H74O10Si2/c1-39(2)66(40(3)4)62-38-51-53(64-67(65-66,41(5)6)42(7)8)54(56-9)55(63-51)61-37-50(59-34-44-23-15-11-16-24-44)52(60-35-45-25-17-12-18-26-45)49(58-33-43-21-13-10-14-22-43)36-57-32-46-29-30-47-27-19-20-28-48(47)31-46/h10-31,39-42,49-55H,32-38H2,1-9H3/t49?,50?,51-,52?,53?,54+,55-/m1/s1. The monoisotopic (exact) mass is 950 g/mol. The lowest BCUT2D eigenvalue weighted by Crippen LogP contribution is -2.66. The molecule has 7 atom stereocenters. The Hall–Kier alpha value is -3.61. The zero-order valence-electron chi connectivity index (χ0n) is 41.1. The molecule has 12 heteroatoms. The second kappa shape index (κ2) is 24.3. The molecule has 0 spiro atoms. The lowest BCUT2D eigenvalue weighted by atomic mass is 10.1. The molecule has 10 nitrogen and oxygen atoms in total. The molecule has 0 aromatic heterocycles. The largest absolute Gasteiger partial charge is 0.414 e. The van der Waals surface area contributed by atoms with E-state index in [0.29, 0.717) is 33.0 Å². The van der Waals surface area contributed by atoms with Crippen molar-refractivity contribution in [2.24, 2.45) is 0 Å². The third-order valence-electron chi connectivity index (χ3n) is 13.3. The van der Waals surface area contributed by atoms with Crippen molar-refractivity contribution in [2.75, 3.05) is 26.9 Å². The van der Waals surface area contributed by atoms with Crippen molar-refractivity contribution < 1.29 is 46.1 Å². The predicted octanol–water partition coefficient (Wildman–Crippen LogP) is 11.8. The van der Waals surface area contributed by atoms with Crippen LogP contribution in [0.25, 0.3) is 10.8 Å². The maximum atomic E-state index is 7.50. The summed E-state index contributed by atoms with van der Waals surface area (Å²) >= 11 is 0. The Morgan fingerprint density at radius 1 is 0.537 bits per heavy atom. The van der Waals surface area contributed by atoms with E-state index in [1.54, 1.807) is 7.11 Å². The summed E-state index contributed by atoms with van der Waals surface area (Å²) in [6, 6.07) is 45.3. The zero-order valence-corrected chi connectivity index (χ0v) is 43.1. The van der Waals surface area contributed by atoms with E-state index < -0.39 is 60.0 Å². The van der Waals surface area contributed by atoms with Gasteiger partial charge in [-0.05, 0) is 61.3 Å². The van der Waals surface area contributed by atoms with Crippen LogP contribution in [0.2, 0.25) is 22.2 Å². The molecule has 2 saturated heterocycles. The summed E-state index contributed by atoms with van der Waals surface area (Å²) in [6.45, 7) is 19.8. The molecular formula is C55H74O10Si2. The molecule has 0 amide bonds. The minimum Gasteiger partial charge on any atom is -0.414 e. The molecule has 0 saturated carbocycles. The minimum absolute atomic E-state index is 0.0943. The van der Waals surface area contributed by atoms with Crippen LogP contribution in [0.4, 0.5) is 0 Å². The fourth-order valence-corrected chi connectivity index (χ4v) is 20.8. The molecule has 0 N–H and O–H groups in total. The first-order valence-corrected chi connectivity index (χ1v) is 28.2. The summed E-state index contributed by atoms with van der Waals surface area (Å²) in [6.07, 6.45) is -4.16.